The summed E-state index contributed by atoms with van der Waals surface area (Å²) in [6, 6.07) is 8.64. The molecule has 24 heavy (non-hydrogen) atoms. The van der Waals surface area contributed by atoms with Crippen molar-refractivity contribution in [3.63, 3.8) is 0 Å². The molecule has 0 bridgehead atoms. The number of phenols is 1. The molecule has 2 N–H and O–H groups in total. The summed E-state index contributed by atoms with van der Waals surface area (Å²) >= 11 is 0. The Morgan fingerprint density at radius 2 is 1.96 bits per heavy atom. The van der Waals surface area contributed by atoms with Crippen LogP contribution in [-0.2, 0) is 6.18 Å². The molecule has 0 unspecified atom stereocenters. The van der Waals surface area contributed by atoms with Crippen LogP contribution in [0.3, 0.4) is 0 Å². The number of ether oxygens (including phenoxy) is 1. The molecule has 0 aromatic heterocycles. The SMILES string of the molecule is COc1cccc(C=NNC(=O)c2cccc(C(F)(F)F)c2)c1O. The molecule has 0 fully saturated rings. The number of rotatable bonds is 4. The number of alkyl halides is 3. The van der Waals surface area contributed by atoms with Crippen molar-refractivity contribution in [3.05, 3.63) is 59.2 Å². The number of nitrogens with one attached hydrogen (secondary N) is 1. The molecule has 2 aromatic carbocycles. The normalized spacial score (nSPS) is 11.5. The number of hydrazone groups is 1. The van der Waals surface area contributed by atoms with Crippen LogP contribution in [0.4, 0.5) is 13.2 Å². The molecule has 0 atom stereocenters. The van der Waals surface area contributed by atoms with Gasteiger partial charge in [-0.15, -0.1) is 0 Å². The van der Waals surface area contributed by atoms with Crippen LogP contribution in [0.25, 0.3) is 0 Å². The molecule has 1 amide bonds. The second-order valence-corrected chi connectivity index (χ2v) is 4.68. The summed E-state index contributed by atoms with van der Waals surface area (Å²) < 4.78 is 42.8. The number of hydrogen-bond acceptors (Lipinski definition) is 4. The topological polar surface area (TPSA) is 70.9 Å². The van der Waals surface area contributed by atoms with Crippen LogP contribution in [0.15, 0.2) is 47.6 Å². The maximum absolute atomic E-state index is 12.6. The van der Waals surface area contributed by atoms with E-state index in [-0.39, 0.29) is 22.6 Å². The molecule has 5 nitrogen and oxygen atoms in total. The molecule has 2 rings (SSSR count). The van der Waals surface area contributed by atoms with Crippen molar-refractivity contribution in [3.8, 4) is 11.5 Å². The molecule has 126 valence electrons. The van der Waals surface area contributed by atoms with E-state index in [1.165, 1.54) is 25.3 Å². The highest BCUT2D eigenvalue weighted by Gasteiger charge is 2.30. The van der Waals surface area contributed by atoms with E-state index in [9.17, 15) is 23.1 Å². The van der Waals surface area contributed by atoms with Crippen LogP contribution in [-0.4, -0.2) is 24.3 Å². The molecular formula is C16H13F3N2O3. The Hall–Kier alpha value is -3.03. The van der Waals surface area contributed by atoms with Crippen molar-refractivity contribution >= 4 is 12.1 Å². The molecule has 0 radical (unpaired) electrons. The number of amides is 1. The van der Waals surface area contributed by atoms with Crippen LogP contribution in [0.1, 0.15) is 21.5 Å². The molecule has 0 saturated heterocycles. The van der Waals surface area contributed by atoms with Crippen LogP contribution in [0.5, 0.6) is 11.5 Å². The van der Waals surface area contributed by atoms with Gasteiger partial charge in [-0.1, -0.05) is 12.1 Å². The molecule has 0 aliphatic heterocycles. The van der Waals surface area contributed by atoms with Gasteiger partial charge in [-0.2, -0.15) is 18.3 Å². The van der Waals surface area contributed by atoms with Crippen molar-refractivity contribution in [2.24, 2.45) is 5.10 Å². The summed E-state index contributed by atoms with van der Waals surface area (Å²) in [7, 11) is 1.38. The fourth-order valence-corrected chi connectivity index (χ4v) is 1.87. The van der Waals surface area contributed by atoms with Gasteiger partial charge in [0, 0.05) is 11.1 Å². The van der Waals surface area contributed by atoms with E-state index in [1.807, 2.05) is 0 Å². The summed E-state index contributed by atoms with van der Waals surface area (Å²) in [5.41, 5.74) is 1.27. The standard InChI is InChI=1S/C16H13F3N2O3/c1-24-13-7-3-5-11(14(13)22)9-20-21-15(23)10-4-2-6-12(8-10)16(17,18)19/h2-9,22H,1H3,(H,21,23). The number of methoxy groups -OCH3 is 1. The van der Waals surface area contributed by atoms with Crippen molar-refractivity contribution < 1.29 is 27.8 Å². The zero-order valence-electron chi connectivity index (χ0n) is 12.5. The van der Waals surface area contributed by atoms with E-state index in [1.54, 1.807) is 6.07 Å². The Morgan fingerprint density at radius 1 is 1.25 bits per heavy atom. The third-order valence-corrected chi connectivity index (χ3v) is 3.07. The van der Waals surface area contributed by atoms with Gasteiger partial charge in [0.2, 0.25) is 0 Å². The maximum atomic E-state index is 12.6. The molecule has 8 heteroatoms. The quantitative estimate of drug-likeness (QED) is 0.664. The Labute approximate surface area is 135 Å². The number of halogens is 3. The van der Waals surface area contributed by atoms with E-state index >= 15 is 0 Å². The van der Waals surface area contributed by atoms with Crippen LogP contribution in [0.2, 0.25) is 0 Å². The summed E-state index contributed by atoms with van der Waals surface area (Å²) in [4.78, 5) is 11.8. The third kappa shape index (κ3) is 4.03. The van der Waals surface area contributed by atoms with Crippen molar-refractivity contribution in [2.45, 2.75) is 6.18 Å². The lowest BCUT2D eigenvalue weighted by Gasteiger charge is -2.08. The van der Waals surface area contributed by atoms with Gasteiger partial charge in [0.05, 0.1) is 18.9 Å². The smallest absolute Gasteiger partial charge is 0.416 e. The molecule has 0 heterocycles. The Balaban J connectivity index is 2.11. The summed E-state index contributed by atoms with van der Waals surface area (Å²) in [5.74, 6) is -0.750. The number of aromatic hydroxyl groups is 1. The highest BCUT2D eigenvalue weighted by atomic mass is 19.4. The number of nitrogens with zero attached hydrogens (tertiary/aromatic N) is 1. The Kier molecular flexibility index (Phi) is 5.08. The molecular weight excluding hydrogens is 325 g/mol. The predicted molar refractivity (Wildman–Crippen MR) is 81.2 cm³/mol. The van der Waals surface area contributed by atoms with E-state index in [0.29, 0.717) is 0 Å². The van der Waals surface area contributed by atoms with Crippen LogP contribution >= 0.6 is 0 Å². The van der Waals surface area contributed by atoms with Gasteiger partial charge < -0.3 is 9.84 Å². The van der Waals surface area contributed by atoms with Gasteiger partial charge in [-0.05, 0) is 30.3 Å². The fraction of sp³-hybridized carbons (Fsp3) is 0.125. The zero-order valence-corrected chi connectivity index (χ0v) is 12.5. The van der Waals surface area contributed by atoms with E-state index in [0.717, 1.165) is 24.4 Å². The second-order valence-electron chi connectivity index (χ2n) is 4.68. The van der Waals surface area contributed by atoms with E-state index in [4.69, 9.17) is 4.74 Å². The Bertz CT molecular complexity index is 773. The number of para-hydroxylation sites is 1. The van der Waals surface area contributed by atoms with Gasteiger partial charge in [0.15, 0.2) is 11.5 Å². The summed E-state index contributed by atoms with van der Waals surface area (Å²) in [6.07, 6.45) is -3.38. The lowest BCUT2D eigenvalue weighted by Crippen LogP contribution is -2.18. The Morgan fingerprint density at radius 3 is 2.62 bits per heavy atom. The van der Waals surface area contributed by atoms with Crippen LogP contribution in [0, 0.1) is 0 Å². The van der Waals surface area contributed by atoms with Crippen molar-refractivity contribution in [2.75, 3.05) is 7.11 Å². The lowest BCUT2D eigenvalue weighted by atomic mass is 10.1. The fourth-order valence-electron chi connectivity index (χ4n) is 1.87. The average Bonchev–Trinajstić information content (AvgIpc) is 2.55. The lowest BCUT2D eigenvalue weighted by molar-refractivity contribution is -0.137. The third-order valence-electron chi connectivity index (χ3n) is 3.07. The number of hydrogen-bond donors (Lipinski definition) is 2. The minimum absolute atomic E-state index is 0.169. The molecule has 0 aliphatic carbocycles. The van der Waals surface area contributed by atoms with Crippen molar-refractivity contribution in [1.29, 1.82) is 0 Å². The maximum Gasteiger partial charge on any atom is 0.416 e. The van der Waals surface area contributed by atoms with Gasteiger partial charge in [-0.3, -0.25) is 4.79 Å². The highest BCUT2D eigenvalue weighted by Crippen LogP contribution is 2.29. The largest absolute Gasteiger partial charge is 0.504 e. The number of carbonyl (C=O) groups excluding carboxylic acids is 1. The molecule has 0 spiro atoms. The van der Waals surface area contributed by atoms with Gasteiger partial charge in [0.25, 0.3) is 5.91 Å². The molecule has 0 aliphatic rings. The average molecular weight is 338 g/mol. The summed E-state index contributed by atoms with van der Waals surface area (Å²) in [6.45, 7) is 0. The van der Waals surface area contributed by atoms with Gasteiger partial charge in [0.1, 0.15) is 0 Å². The number of benzene rings is 2. The van der Waals surface area contributed by atoms with Crippen LogP contribution < -0.4 is 10.2 Å². The number of carbonyl (C=O) groups is 1. The van der Waals surface area contributed by atoms with Gasteiger partial charge in [-0.25, -0.2) is 5.43 Å². The first-order valence-electron chi connectivity index (χ1n) is 6.69. The first kappa shape index (κ1) is 17.3. The summed E-state index contributed by atoms with van der Waals surface area (Å²) in [5, 5.41) is 13.5. The monoisotopic (exact) mass is 338 g/mol. The minimum Gasteiger partial charge on any atom is -0.504 e. The predicted octanol–water partition coefficient (Wildman–Crippen LogP) is 3.18. The van der Waals surface area contributed by atoms with E-state index in [2.05, 4.69) is 10.5 Å². The van der Waals surface area contributed by atoms with Crippen molar-refractivity contribution in [1.82, 2.24) is 5.43 Å². The molecule has 0 saturated carbocycles. The highest BCUT2D eigenvalue weighted by molar-refractivity contribution is 5.95. The second kappa shape index (κ2) is 7.03. The zero-order chi connectivity index (χ0) is 17.7. The first-order chi connectivity index (χ1) is 11.3. The first-order valence-corrected chi connectivity index (χ1v) is 6.69. The number of phenolic OH excluding ortho intramolecular Hbond substituents is 1. The van der Waals surface area contributed by atoms with E-state index < -0.39 is 17.6 Å². The van der Waals surface area contributed by atoms with Gasteiger partial charge >= 0.3 is 6.18 Å². The molecule has 2 aromatic rings. The minimum atomic E-state index is -4.54.